The van der Waals surface area contributed by atoms with Crippen molar-refractivity contribution in [1.29, 1.82) is 0 Å². The van der Waals surface area contributed by atoms with Crippen LogP contribution in [0.25, 0.3) is 0 Å². The van der Waals surface area contributed by atoms with E-state index in [9.17, 15) is 9.18 Å². The fourth-order valence-corrected chi connectivity index (χ4v) is 3.61. The fraction of sp³-hybridized carbons (Fsp3) is 0.250. The van der Waals surface area contributed by atoms with Crippen molar-refractivity contribution in [1.82, 2.24) is 14.8 Å². The van der Waals surface area contributed by atoms with Crippen LogP contribution >= 0.6 is 11.8 Å². The third-order valence-electron chi connectivity index (χ3n) is 4.23. The van der Waals surface area contributed by atoms with E-state index in [0.717, 1.165) is 16.3 Å². The summed E-state index contributed by atoms with van der Waals surface area (Å²) < 4.78 is 16.0. The number of aryl methyl sites for hydroxylation is 2. The number of aromatic nitrogens is 3. The van der Waals surface area contributed by atoms with Crippen LogP contribution in [0, 0.1) is 12.7 Å². The second-order valence-corrected chi connectivity index (χ2v) is 7.57. The summed E-state index contributed by atoms with van der Waals surface area (Å²) >= 11 is 1.60. The Morgan fingerprint density at radius 1 is 1.27 bits per heavy atom. The van der Waals surface area contributed by atoms with Gasteiger partial charge in [0.05, 0.1) is 5.56 Å². The van der Waals surface area contributed by atoms with Gasteiger partial charge in [-0.1, -0.05) is 48.2 Å². The van der Waals surface area contributed by atoms with E-state index >= 15 is 0 Å². The second kappa shape index (κ2) is 7.83. The fourth-order valence-electron chi connectivity index (χ4n) is 2.70. The standard InChI is InChI=1S/C20H20FN3OS/c1-13-6-4-9-17(19(13)21)18(25)11-15-7-5-8-16(10-15)14(2)26-20-23-22-12-24(20)3/h4-10,12,14H,11H2,1-3H3/t14-/m0/s1. The summed E-state index contributed by atoms with van der Waals surface area (Å²) in [6.07, 6.45) is 1.84. The highest BCUT2D eigenvalue weighted by Gasteiger charge is 2.16. The Bertz CT molecular complexity index is 938. The molecule has 1 aromatic heterocycles. The van der Waals surface area contributed by atoms with Gasteiger partial charge in [0.25, 0.3) is 0 Å². The van der Waals surface area contributed by atoms with E-state index in [2.05, 4.69) is 17.1 Å². The molecular weight excluding hydrogens is 349 g/mol. The molecule has 3 aromatic rings. The van der Waals surface area contributed by atoms with E-state index in [-0.39, 0.29) is 23.0 Å². The molecule has 2 aromatic carbocycles. The molecule has 0 aliphatic carbocycles. The number of hydrogen-bond donors (Lipinski definition) is 0. The summed E-state index contributed by atoms with van der Waals surface area (Å²) in [6.45, 7) is 3.75. The van der Waals surface area contributed by atoms with Crippen molar-refractivity contribution in [3.8, 4) is 0 Å². The molecule has 4 nitrogen and oxygen atoms in total. The SMILES string of the molecule is Cc1cccc(C(=O)Cc2cccc([C@H](C)Sc3nncn3C)c2)c1F. The van der Waals surface area contributed by atoms with Gasteiger partial charge < -0.3 is 4.57 Å². The lowest BCUT2D eigenvalue weighted by atomic mass is 9.99. The summed E-state index contributed by atoms with van der Waals surface area (Å²) in [4.78, 5) is 12.5. The molecule has 0 aliphatic rings. The van der Waals surface area contributed by atoms with Crippen LogP contribution < -0.4 is 0 Å². The molecule has 0 radical (unpaired) electrons. The second-order valence-electron chi connectivity index (χ2n) is 6.27. The Balaban J connectivity index is 1.76. The third-order valence-corrected chi connectivity index (χ3v) is 5.44. The molecule has 134 valence electrons. The first-order valence-electron chi connectivity index (χ1n) is 8.33. The third kappa shape index (κ3) is 4.02. The minimum Gasteiger partial charge on any atom is -0.312 e. The molecule has 0 aliphatic heterocycles. The van der Waals surface area contributed by atoms with Gasteiger partial charge in [0.15, 0.2) is 10.9 Å². The van der Waals surface area contributed by atoms with Gasteiger partial charge in [0.1, 0.15) is 12.1 Å². The molecule has 0 saturated carbocycles. The van der Waals surface area contributed by atoms with Crippen molar-refractivity contribution in [2.24, 2.45) is 7.05 Å². The maximum atomic E-state index is 14.2. The normalized spacial score (nSPS) is 12.2. The Kier molecular flexibility index (Phi) is 5.52. The molecule has 6 heteroatoms. The molecule has 3 rings (SSSR count). The zero-order chi connectivity index (χ0) is 18.7. The molecule has 1 atom stereocenters. The van der Waals surface area contributed by atoms with E-state index < -0.39 is 5.82 Å². The van der Waals surface area contributed by atoms with Crippen molar-refractivity contribution >= 4 is 17.5 Å². The van der Waals surface area contributed by atoms with Gasteiger partial charge in [0, 0.05) is 18.7 Å². The number of thioether (sulfide) groups is 1. The molecule has 0 N–H and O–H groups in total. The van der Waals surface area contributed by atoms with E-state index in [1.807, 2.05) is 35.9 Å². The van der Waals surface area contributed by atoms with E-state index in [0.29, 0.717) is 5.56 Å². The van der Waals surface area contributed by atoms with Crippen molar-refractivity contribution in [2.75, 3.05) is 0 Å². The van der Waals surface area contributed by atoms with Crippen LogP contribution in [0.4, 0.5) is 4.39 Å². The first kappa shape index (κ1) is 18.3. The quantitative estimate of drug-likeness (QED) is 0.473. The maximum absolute atomic E-state index is 14.2. The zero-order valence-corrected chi connectivity index (χ0v) is 15.8. The van der Waals surface area contributed by atoms with Crippen molar-refractivity contribution in [3.63, 3.8) is 0 Å². The number of nitrogens with zero attached hydrogens (tertiary/aromatic N) is 3. The van der Waals surface area contributed by atoms with Crippen LogP contribution in [-0.2, 0) is 13.5 Å². The number of ketones is 1. The number of carbonyl (C=O) groups excluding carboxylic acids is 1. The minimum absolute atomic E-state index is 0.150. The van der Waals surface area contributed by atoms with Crippen LogP contribution in [0.5, 0.6) is 0 Å². The van der Waals surface area contributed by atoms with Crippen LogP contribution in [0.3, 0.4) is 0 Å². The smallest absolute Gasteiger partial charge is 0.191 e. The largest absolute Gasteiger partial charge is 0.312 e. The van der Waals surface area contributed by atoms with Crippen molar-refractivity contribution in [2.45, 2.75) is 30.7 Å². The van der Waals surface area contributed by atoms with Gasteiger partial charge in [-0.15, -0.1) is 10.2 Å². The summed E-state index contributed by atoms with van der Waals surface area (Å²) in [5.74, 6) is -0.642. The van der Waals surface area contributed by atoms with Crippen molar-refractivity contribution in [3.05, 3.63) is 76.9 Å². The van der Waals surface area contributed by atoms with Crippen LogP contribution in [0.15, 0.2) is 53.9 Å². The monoisotopic (exact) mass is 369 g/mol. The number of hydrogen-bond acceptors (Lipinski definition) is 4. The summed E-state index contributed by atoms with van der Waals surface area (Å²) in [7, 11) is 1.90. The number of halogens is 1. The van der Waals surface area contributed by atoms with E-state index in [1.165, 1.54) is 0 Å². The summed E-state index contributed by atoms with van der Waals surface area (Å²) in [5.41, 5.74) is 2.60. The predicted octanol–water partition coefficient (Wildman–Crippen LogP) is 4.54. The zero-order valence-electron chi connectivity index (χ0n) is 14.9. The number of Topliss-reactive ketones (excluding diaryl/α,β-unsaturated/α-hetero) is 1. The summed E-state index contributed by atoms with van der Waals surface area (Å²) in [5, 5.41) is 8.97. The number of carbonyl (C=O) groups is 1. The van der Waals surface area contributed by atoms with Gasteiger partial charge in [-0.2, -0.15) is 0 Å². The van der Waals surface area contributed by atoms with Crippen LogP contribution in [0.1, 0.15) is 39.2 Å². The number of rotatable bonds is 6. The van der Waals surface area contributed by atoms with E-state index in [4.69, 9.17) is 0 Å². The lowest BCUT2D eigenvalue weighted by Crippen LogP contribution is -2.07. The Labute approximate surface area is 156 Å². The van der Waals surface area contributed by atoms with Gasteiger partial charge in [-0.25, -0.2) is 4.39 Å². The first-order chi connectivity index (χ1) is 12.5. The minimum atomic E-state index is -0.431. The molecule has 0 spiro atoms. The molecule has 0 amide bonds. The highest BCUT2D eigenvalue weighted by Crippen LogP contribution is 2.33. The van der Waals surface area contributed by atoms with Gasteiger partial charge >= 0.3 is 0 Å². The molecule has 0 fully saturated rings. The van der Waals surface area contributed by atoms with Gasteiger partial charge in [0.2, 0.25) is 0 Å². The topological polar surface area (TPSA) is 47.8 Å². The Morgan fingerprint density at radius 3 is 2.77 bits per heavy atom. The lowest BCUT2D eigenvalue weighted by molar-refractivity contribution is 0.0989. The van der Waals surface area contributed by atoms with Crippen molar-refractivity contribution < 1.29 is 9.18 Å². The Morgan fingerprint density at radius 2 is 2.04 bits per heavy atom. The molecule has 0 saturated heterocycles. The first-order valence-corrected chi connectivity index (χ1v) is 9.21. The molecular formula is C20H20FN3OS. The van der Waals surface area contributed by atoms with E-state index in [1.54, 1.807) is 43.2 Å². The van der Waals surface area contributed by atoms with Gasteiger partial charge in [-0.05, 0) is 36.6 Å². The molecule has 0 unspecified atom stereocenters. The van der Waals surface area contributed by atoms with Crippen LogP contribution in [0.2, 0.25) is 0 Å². The molecule has 1 heterocycles. The van der Waals surface area contributed by atoms with Gasteiger partial charge in [-0.3, -0.25) is 4.79 Å². The summed E-state index contributed by atoms with van der Waals surface area (Å²) in [6, 6.07) is 12.8. The maximum Gasteiger partial charge on any atom is 0.191 e. The highest BCUT2D eigenvalue weighted by atomic mass is 32.2. The average Bonchev–Trinajstić information content (AvgIpc) is 3.02. The van der Waals surface area contributed by atoms with Crippen LogP contribution in [-0.4, -0.2) is 20.5 Å². The Hall–Kier alpha value is -2.47. The highest BCUT2D eigenvalue weighted by molar-refractivity contribution is 7.99. The molecule has 0 bridgehead atoms. The lowest BCUT2D eigenvalue weighted by Gasteiger charge is -2.12. The number of benzene rings is 2. The predicted molar refractivity (Wildman–Crippen MR) is 101 cm³/mol. The average molecular weight is 369 g/mol. The molecule has 26 heavy (non-hydrogen) atoms.